The van der Waals surface area contributed by atoms with Gasteiger partial charge in [0.15, 0.2) is 5.82 Å². The van der Waals surface area contributed by atoms with E-state index < -0.39 is 38.5 Å². The average Bonchev–Trinajstić information content (AvgIpc) is 2.85. The highest BCUT2D eigenvalue weighted by Gasteiger charge is 2.32. The molecule has 0 bridgehead atoms. The summed E-state index contributed by atoms with van der Waals surface area (Å²) in [6.45, 7) is 1.02. The Balaban J connectivity index is 1.46. The highest BCUT2D eigenvalue weighted by molar-refractivity contribution is 7.89. The summed E-state index contributed by atoms with van der Waals surface area (Å²) in [5, 5.41) is 0.272. The Morgan fingerprint density at radius 2 is 1.47 bits per heavy atom. The van der Waals surface area contributed by atoms with Crippen LogP contribution in [0, 0.1) is 17.5 Å². The molecule has 0 aliphatic carbocycles. The molecule has 0 saturated carbocycles. The molecule has 1 atom stereocenters. The van der Waals surface area contributed by atoms with Gasteiger partial charge in [-0.1, -0.05) is 47.5 Å². The number of hydrogen-bond acceptors (Lipinski definition) is 4. The molecule has 1 aliphatic rings. The zero-order valence-corrected chi connectivity index (χ0v) is 21.3. The average molecular weight is 559 g/mol. The second-order valence-corrected chi connectivity index (χ2v) is 11.1. The summed E-state index contributed by atoms with van der Waals surface area (Å²) >= 11 is 11.8. The molecule has 0 spiro atoms. The normalized spacial score (nSPS) is 16.2. The van der Waals surface area contributed by atoms with E-state index in [2.05, 4.69) is 0 Å². The minimum absolute atomic E-state index is 0.129. The first-order chi connectivity index (χ1) is 17.2. The molecule has 0 amide bonds. The van der Waals surface area contributed by atoms with E-state index in [1.165, 1.54) is 40.7 Å². The van der Waals surface area contributed by atoms with Crippen LogP contribution in [0.4, 0.5) is 13.2 Å². The van der Waals surface area contributed by atoms with Crippen LogP contribution in [0.15, 0.2) is 65.6 Å². The Kier molecular flexibility index (Phi) is 8.59. The Labute approximate surface area is 218 Å². The van der Waals surface area contributed by atoms with Crippen molar-refractivity contribution in [1.29, 1.82) is 0 Å². The number of hydrogen-bond donors (Lipinski definition) is 0. The quantitative estimate of drug-likeness (QED) is 0.357. The zero-order valence-electron chi connectivity index (χ0n) is 19.0. The third-order valence-corrected chi connectivity index (χ3v) is 8.48. The van der Waals surface area contributed by atoms with Crippen LogP contribution in [0.25, 0.3) is 0 Å². The summed E-state index contributed by atoms with van der Waals surface area (Å²) in [5.74, 6) is -2.37. The molecule has 0 aromatic heterocycles. The summed E-state index contributed by atoms with van der Waals surface area (Å²) < 4.78 is 75.7. The second kappa shape index (κ2) is 11.5. The van der Waals surface area contributed by atoms with Gasteiger partial charge in [-0.15, -0.1) is 0 Å². The number of benzene rings is 3. The molecule has 1 heterocycles. The summed E-state index contributed by atoms with van der Waals surface area (Å²) in [5.41, 5.74) is 0.586. The molecule has 0 N–H and O–H groups in total. The predicted octanol–water partition coefficient (Wildman–Crippen LogP) is 5.68. The van der Waals surface area contributed by atoms with Crippen LogP contribution in [0.1, 0.15) is 17.2 Å². The summed E-state index contributed by atoms with van der Waals surface area (Å²) in [7, 11) is -4.06. The predicted molar refractivity (Wildman–Crippen MR) is 132 cm³/mol. The van der Waals surface area contributed by atoms with Crippen molar-refractivity contribution in [1.82, 2.24) is 9.21 Å². The van der Waals surface area contributed by atoms with Crippen LogP contribution in [0.3, 0.4) is 0 Å². The van der Waals surface area contributed by atoms with Crippen LogP contribution in [-0.2, 0) is 21.4 Å². The molecule has 36 heavy (non-hydrogen) atoms. The van der Waals surface area contributed by atoms with Crippen LogP contribution >= 0.6 is 23.2 Å². The van der Waals surface area contributed by atoms with E-state index in [1.807, 2.05) is 4.90 Å². The Bertz CT molecular complexity index is 1300. The number of rotatable bonds is 8. The lowest BCUT2D eigenvalue weighted by Gasteiger charge is -2.36. The molecule has 1 fully saturated rings. The standard InChI is InChI=1S/C25H23Cl2F3N2O3S/c26-18-9-7-17(8-10-18)23(35-16-19-21(28)4-2-5-22(19)29)15-31-11-13-32(14-12-31)36(33,34)24-6-1-3-20(27)25(24)30/h1-10,23H,11-16H2/t23-/m1/s1. The van der Waals surface area contributed by atoms with Gasteiger partial charge in [-0.3, -0.25) is 4.90 Å². The number of piperazine rings is 1. The molecule has 3 aromatic carbocycles. The first kappa shape index (κ1) is 26.9. The van der Waals surface area contributed by atoms with Crippen LogP contribution < -0.4 is 0 Å². The van der Waals surface area contributed by atoms with E-state index in [-0.39, 0.29) is 30.3 Å². The third-order valence-electron chi connectivity index (χ3n) is 6.02. The third kappa shape index (κ3) is 6.04. The van der Waals surface area contributed by atoms with Gasteiger partial charge in [0.1, 0.15) is 16.5 Å². The molecule has 4 rings (SSSR count). The van der Waals surface area contributed by atoms with Crippen molar-refractivity contribution < 1.29 is 26.3 Å². The van der Waals surface area contributed by atoms with Crippen LogP contribution in [0.5, 0.6) is 0 Å². The summed E-state index contributed by atoms with van der Waals surface area (Å²) in [4.78, 5) is 1.52. The minimum atomic E-state index is -4.06. The Morgan fingerprint density at radius 3 is 2.11 bits per heavy atom. The van der Waals surface area contributed by atoms with Crippen molar-refractivity contribution in [3.05, 3.63) is 99.3 Å². The van der Waals surface area contributed by atoms with E-state index in [4.69, 9.17) is 27.9 Å². The fourth-order valence-electron chi connectivity index (χ4n) is 4.00. The summed E-state index contributed by atoms with van der Waals surface area (Å²) in [6, 6.07) is 14.4. The SMILES string of the molecule is O=S(=O)(c1cccc(Cl)c1F)N1CCN(C[C@@H](OCc2c(F)cccc2F)c2ccc(Cl)cc2)CC1. The maximum Gasteiger partial charge on any atom is 0.246 e. The van der Waals surface area contributed by atoms with Crippen molar-refractivity contribution >= 4 is 33.2 Å². The molecule has 192 valence electrons. The van der Waals surface area contributed by atoms with Gasteiger partial charge in [0.25, 0.3) is 0 Å². The van der Waals surface area contributed by atoms with Gasteiger partial charge in [-0.25, -0.2) is 21.6 Å². The van der Waals surface area contributed by atoms with Crippen LogP contribution in [0.2, 0.25) is 10.0 Å². The molecule has 0 radical (unpaired) electrons. The van der Waals surface area contributed by atoms with Crippen molar-refractivity contribution in [2.24, 2.45) is 0 Å². The van der Waals surface area contributed by atoms with Crippen molar-refractivity contribution in [2.45, 2.75) is 17.6 Å². The van der Waals surface area contributed by atoms with Gasteiger partial charge in [0.05, 0.1) is 17.7 Å². The van der Waals surface area contributed by atoms with E-state index in [9.17, 15) is 21.6 Å². The molecule has 0 unspecified atom stereocenters. The number of sulfonamides is 1. The smallest absolute Gasteiger partial charge is 0.246 e. The fourth-order valence-corrected chi connectivity index (χ4v) is 5.86. The molecular formula is C25H23Cl2F3N2O3S. The molecule has 11 heteroatoms. The van der Waals surface area contributed by atoms with E-state index in [1.54, 1.807) is 24.3 Å². The lowest BCUT2D eigenvalue weighted by molar-refractivity contribution is 0.00546. The first-order valence-corrected chi connectivity index (χ1v) is 13.3. The monoisotopic (exact) mass is 558 g/mol. The molecule has 1 aliphatic heterocycles. The highest BCUT2D eigenvalue weighted by Crippen LogP contribution is 2.27. The second-order valence-electron chi connectivity index (χ2n) is 8.31. The molecule has 1 saturated heterocycles. The number of ether oxygens (including phenoxy) is 1. The van der Waals surface area contributed by atoms with Crippen LogP contribution in [-0.4, -0.2) is 50.3 Å². The Morgan fingerprint density at radius 1 is 0.861 bits per heavy atom. The molecule has 3 aromatic rings. The molecular weight excluding hydrogens is 536 g/mol. The van der Waals surface area contributed by atoms with Crippen molar-refractivity contribution in [3.8, 4) is 0 Å². The molecule has 5 nitrogen and oxygen atoms in total. The van der Waals surface area contributed by atoms with Gasteiger partial charge in [-0.2, -0.15) is 4.31 Å². The largest absolute Gasteiger partial charge is 0.367 e. The van der Waals surface area contributed by atoms with Gasteiger partial charge >= 0.3 is 0 Å². The van der Waals surface area contributed by atoms with E-state index >= 15 is 0 Å². The van der Waals surface area contributed by atoms with Gasteiger partial charge in [-0.05, 0) is 42.0 Å². The maximum absolute atomic E-state index is 14.4. The minimum Gasteiger partial charge on any atom is -0.367 e. The zero-order chi connectivity index (χ0) is 25.9. The van der Waals surface area contributed by atoms with Gasteiger partial charge in [0, 0.05) is 43.3 Å². The van der Waals surface area contributed by atoms with Crippen molar-refractivity contribution in [3.63, 3.8) is 0 Å². The lowest BCUT2D eigenvalue weighted by Crippen LogP contribution is -2.49. The van der Waals surface area contributed by atoms with Crippen molar-refractivity contribution in [2.75, 3.05) is 32.7 Å². The maximum atomic E-state index is 14.4. The highest BCUT2D eigenvalue weighted by atomic mass is 35.5. The van der Waals surface area contributed by atoms with E-state index in [0.29, 0.717) is 24.7 Å². The Hall–Kier alpha value is -2.14. The van der Waals surface area contributed by atoms with Gasteiger partial charge in [0.2, 0.25) is 10.0 Å². The summed E-state index contributed by atoms with van der Waals surface area (Å²) in [6.07, 6.45) is -0.560. The van der Waals surface area contributed by atoms with Gasteiger partial charge < -0.3 is 4.74 Å². The first-order valence-electron chi connectivity index (χ1n) is 11.1. The number of nitrogens with zero attached hydrogens (tertiary/aromatic N) is 2. The fraction of sp³-hybridized carbons (Fsp3) is 0.280. The lowest BCUT2D eigenvalue weighted by atomic mass is 10.1. The van der Waals surface area contributed by atoms with E-state index in [0.717, 1.165) is 5.56 Å². The topological polar surface area (TPSA) is 49.9 Å². The number of halogens is 5.